The predicted molar refractivity (Wildman–Crippen MR) is 88.5 cm³/mol. The van der Waals surface area contributed by atoms with Crippen molar-refractivity contribution in [3.05, 3.63) is 29.8 Å². The molecule has 3 rings (SSSR count). The summed E-state index contributed by atoms with van der Waals surface area (Å²) in [5, 5.41) is 0. The van der Waals surface area contributed by atoms with Crippen molar-refractivity contribution < 1.29 is 13.2 Å². The van der Waals surface area contributed by atoms with Gasteiger partial charge in [-0.05, 0) is 50.3 Å². The van der Waals surface area contributed by atoms with Gasteiger partial charge in [0, 0.05) is 32.1 Å². The molecular formula is C17H24N2O3S. The van der Waals surface area contributed by atoms with Crippen LogP contribution in [0.25, 0.3) is 0 Å². The quantitative estimate of drug-likeness (QED) is 0.848. The van der Waals surface area contributed by atoms with Crippen LogP contribution in [-0.4, -0.2) is 49.7 Å². The van der Waals surface area contributed by atoms with Crippen LogP contribution in [0.2, 0.25) is 0 Å². The lowest BCUT2D eigenvalue weighted by molar-refractivity contribution is -0.135. The highest BCUT2D eigenvalue weighted by Crippen LogP contribution is 2.26. The number of piperidine rings is 1. The molecule has 2 saturated heterocycles. The van der Waals surface area contributed by atoms with Gasteiger partial charge in [0.15, 0.2) is 0 Å². The van der Waals surface area contributed by atoms with Crippen molar-refractivity contribution in [3.8, 4) is 0 Å². The molecule has 0 bridgehead atoms. The minimum absolute atomic E-state index is 0.0166. The fraction of sp³-hybridized carbons (Fsp3) is 0.588. The van der Waals surface area contributed by atoms with E-state index in [1.807, 2.05) is 17.9 Å². The number of nitrogens with zero attached hydrogens (tertiary/aromatic N) is 2. The fourth-order valence-electron chi connectivity index (χ4n) is 3.46. The van der Waals surface area contributed by atoms with E-state index >= 15 is 0 Å². The largest absolute Gasteiger partial charge is 0.342 e. The van der Waals surface area contributed by atoms with E-state index in [9.17, 15) is 13.2 Å². The van der Waals surface area contributed by atoms with Crippen LogP contribution in [0.1, 0.15) is 31.2 Å². The monoisotopic (exact) mass is 336 g/mol. The normalized spacial score (nSPS) is 20.8. The molecule has 1 aromatic carbocycles. The van der Waals surface area contributed by atoms with Gasteiger partial charge in [0.1, 0.15) is 0 Å². The van der Waals surface area contributed by atoms with E-state index in [0.717, 1.165) is 31.5 Å². The zero-order chi connectivity index (χ0) is 16.4. The Morgan fingerprint density at radius 3 is 2.35 bits per heavy atom. The molecule has 1 amide bonds. The van der Waals surface area contributed by atoms with Crippen LogP contribution in [-0.2, 0) is 14.8 Å². The van der Waals surface area contributed by atoms with E-state index in [-0.39, 0.29) is 11.8 Å². The molecule has 2 aliphatic heterocycles. The van der Waals surface area contributed by atoms with Gasteiger partial charge >= 0.3 is 0 Å². The van der Waals surface area contributed by atoms with E-state index < -0.39 is 10.0 Å². The summed E-state index contributed by atoms with van der Waals surface area (Å²) in [6.07, 6.45) is 3.43. The van der Waals surface area contributed by atoms with Crippen molar-refractivity contribution in [2.24, 2.45) is 5.92 Å². The van der Waals surface area contributed by atoms with Gasteiger partial charge in [-0.1, -0.05) is 12.1 Å². The first-order chi connectivity index (χ1) is 11.0. The average Bonchev–Trinajstić information content (AvgIpc) is 3.09. The molecule has 0 aliphatic carbocycles. The Morgan fingerprint density at radius 2 is 1.74 bits per heavy atom. The third kappa shape index (κ3) is 3.43. The molecule has 1 aromatic rings. The maximum absolute atomic E-state index is 12.7. The Balaban J connectivity index is 1.65. The molecule has 0 N–H and O–H groups in total. The van der Waals surface area contributed by atoms with Gasteiger partial charge in [-0.25, -0.2) is 8.42 Å². The van der Waals surface area contributed by atoms with E-state index in [0.29, 0.717) is 30.8 Å². The third-order valence-corrected chi connectivity index (χ3v) is 6.74. The lowest BCUT2D eigenvalue weighted by atomic mass is 9.97. The number of amides is 1. The Hall–Kier alpha value is -1.40. The molecule has 0 saturated carbocycles. The standard InChI is InChI=1S/C17H24N2O3S/c1-14-5-4-6-16(13-14)23(21,22)19-11-7-15(8-12-19)17(20)18-9-2-3-10-18/h4-6,13,15H,2-3,7-12H2,1H3. The number of sulfonamides is 1. The summed E-state index contributed by atoms with van der Waals surface area (Å²) in [6.45, 7) is 4.47. The molecule has 23 heavy (non-hydrogen) atoms. The molecule has 0 aromatic heterocycles. The zero-order valence-corrected chi connectivity index (χ0v) is 14.4. The zero-order valence-electron chi connectivity index (χ0n) is 13.6. The van der Waals surface area contributed by atoms with Gasteiger partial charge < -0.3 is 4.90 Å². The number of likely N-dealkylation sites (tertiary alicyclic amines) is 1. The van der Waals surface area contributed by atoms with Crippen molar-refractivity contribution in [1.29, 1.82) is 0 Å². The van der Waals surface area contributed by atoms with Crippen molar-refractivity contribution in [2.75, 3.05) is 26.2 Å². The molecule has 6 heteroatoms. The summed E-state index contributed by atoms with van der Waals surface area (Å²) in [4.78, 5) is 14.7. The lowest BCUT2D eigenvalue weighted by Crippen LogP contribution is -2.43. The van der Waals surface area contributed by atoms with Crippen molar-refractivity contribution in [2.45, 2.75) is 37.5 Å². The van der Waals surface area contributed by atoms with Crippen LogP contribution in [0.3, 0.4) is 0 Å². The average molecular weight is 336 g/mol. The summed E-state index contributed by atoms with van der Waals surface area (Å²) in [6, 6.07) is 7.01. The Morgan fingerprint density at radius 1 is 1.09 bits per heavy atom. The van der Waals surface area contributed by atoms with Crippen LogP contribution in [0.15, 0.2) is 29.2 Å². The maximum atomic E-state index is 12.7. The molecular weight excluding hydrogens is 312 g/mol. The highest BCUT2D eigenvalue weighted by Gasteiger charge is 2.34. The molecule has 0 atom stereocenters. The van der Waals surface area contributed by atoms with Gasteiger partial charge in [-0.3, -0.25) is 4.79 Å². The first-order valence-corrected chi connectivity index (χ1v) is 9.78. The van der Waals surface area contributed by atoms with Crippen LogP contribution in [0.5, 0.6) is 0 Å². The first-order valence-electron chi connectivity index (χ1n) is 8.34. The van der Waals surface area contributed by atoms with E-state index in [4.69, 9.17) is 0 Å². The number of carbonyl (C=O) groups is 1. The van der Waals surface area contributed by atoms with Crippen LogP contribution in [0.4, 0.5) is 0 Å². The SMILES string of the molecule is Cc1cccc(S(=O)(=O)N2CCC(C(=O)N3CCCC3)CC2)c1. The molecule has 2 aliphatic rings. The van der Waals surface area contributed by atoms with E-state index in [1.165, 1.54) is 4.31 Å². The van der Waals surface area contributed by atoms with Gasteiger partial charge in [-0.2, -0.15) is 4.31 Å². The topological polar surface area (TPSA) is 57.7 Å². The van der Waals surface area contributed by atoms with Crippen LogP contribution >= 0.6 is 0 Å². The number of benzene rings is 1. The van der Waals surface area contributed by atoms with E-state index in [1.54, 1.807) is 18.2 Å². The molecule has 2 heterocycles. The molecule has 126 valence electrons. The number of rotatable bonds is 3. The molecule has 0 radical (unpaired) electrons. The summed E-state index contributed by atoms with van der Waals surface area (Å²) in [5.41, 5.74) is 0.935. The van der Waals surface area contributed by atoms with Crippen molar-refractivity contribution in [1.82, 2.24) is 9.21 Å². The molecule has 5 nitrogen and oxygen atoms in total. The van der Waals surface area contributed by atoms with Gasteiger partial charge in [-0.15, -0.1) is 0 Å². The summed E-state index contributed by atoms with van der Waals surface area (Å²) in [5.74, 6) is 0.201. The third-order valence-electron chi connectivity index (χ3n) is 4.85. The maximum Gasteiger partial charge on any atom is 0.243 e. The van der Waals surface area contributed by atoms with Gasteiger partial charge in [0.05, 0.1) is 4.90 Å². The predicted octanol–water partition coefficient (Wildman–Crippen LogP) is 2.02. The van der Waals surface area contributed by atoms with Crippen LogP contribution < -0.4 is 0 Å². The lowest BCUT2D eigenvalue weighted by Gasteiger charge is -2.32. The van der Waals surface area contributed by atoms with Gasteiger partial charge in [0.25, 0.3) is 0 Å². The minimum atomic E-state index is -3.44. The fourth-order valence-corrected chi connectivity index (χ4v) is 5.04. The Labute approximate surface area is 138 Å². The second-order valence-electron chi connectivity index (χ2n) is 6.53. The molecule has 0 spiro atoms. The van der Waals surface area contributed by atoms with Crippen molar-refractivity contribution >= 4 is 15.9 Å². The Bertz CT molecular complexity index is 673. The molecule has 2 fully saturated rings. The van der Waals surface area contributed by atoms with E-state index in [2.05, 4.69) is 0 Å². The smallest absolute Gasteiger partial charge is 0.243 e. The van der Waals surface area contributed by atoms with Gasteiger partial charge in [0.2, 0.25) is 15.9 Å². The molecule has 0 unspecified atom stereocenters. The number of hydrogen-bond acceptors (Lipinski definition) is 3. The number of aryl methyl sites for hydroxylation is 1. The highest BCUT2D eigenvalue weighted by atomic mass is 32.2. The number of hydrogen-bond donors (Lipinski definition) is 0. The van der Waals surface area contributed by atoms with Crippen LogP contribution in [0, 0.1) is 12.8 Å². The Kier molecular flexibility index (Phi) is 4.73. The minimum Gasteiger partial charge on any atom is -0.342 e. The summed E-state index contributed by atoms with van der Waals surface area (Å²) >= 11 is 0. The highest BCUT2D eigenvalue weighted by molar-refractivity contribution is 7.89. The number of carbonyl (C=O) groups excluding carboxylic acids is 1. The summed E-state index contributed by atoms with van der Waals surface area (Å²) < 4.78 is 26.9. The summed E-state index contributed by atoms with van der Waals surface area (Å²) in [7, 11) is -3.44. The second-order valence-corrected chi connectivity index (χ2v) is 8.47. The first kappa shape index (κ1) is 16.5. The second kappa shape index (κ2) is 6.61. The van der Waals surface area contributed by atoms with Crippen molar-refractivity contribution in [3.63, 3.8) is 0 Å².